The van der Waals surface area contributed by atoms with Crippen LogP contribution in [0.4, 0.5) is 0 Å². The number of benzene rings is 1. The van der Waals surface area contributed by atoms with E-state index in [1.165, 1.54) is 16.4 Å². The highest BCUT2D eigenvalue weighted by molar-refractivity contribution is 5.92. The number of hydrogen-bond donors (Lipinski definition) is 0. The van der Waals surface area contributed by atoms with Gasteiger partial charge in [0.25, 0.3) is 5.91 Å². The third kappa shape index (κ3) is 3.32. The Bertz CT molecular complexity index is 687. The number of aromatic nitrogens is 3. The highest BCUT2D eigenvalue weighted by Crippen LogP contribution is 2.28. The molecular weight excluding hydrogens is 306 g/mol. The van der Waals surface area contributed by atoms with Crippen molar-refractivity contribution in [1.82, 2.24) is 24.8 Å². The molecule has 0 N–H and O–H groups in total. The summed E-state index contributed by atoms with van der Waals surface area (Å²) in [6.45, 7) is 2.05. The van der Waals surface area contributed by atoms with E-state index in [0.29, 0.717) is 18.8 Å². The van der Waals surface area contributed by atoms with Crippen molar-refractivity contribution in [1.29, 1.82) is 0 Å². The van der Waals surface area contributed by atoms with Gasteiger partial charge in [-0.15, -0.1) is 5.10 Å². The van der Waals surface area contributed by atoms with E-state index in [-0.39, 0.29) is 18.1 Å². The van der Waals surface area contributed by atoms with Crippen molar-refractivity contribution in [2.24, 2.45) is 7.05 Å². The Hall–Kier alpha value is -2.25. The monoisotopic (exact) mass is 329 g/mol. The molecule has 24 heavy (non-hydrogen) atoms. The highest BCUT2D eigenvalue weighted by Gasteiger charge is 2.33. The molecule has 0 bridgehead atoms. The van der Waals surface area contributed by atoms with Crippen molar-refractivity contribution in [3.05, 3.63) is 47.8 Å². The lowest BCUT2D eigenvalue weighted by Crippen LogP contribution is -2.48. The molecule has 0 unspecified atom stereocenters. The smallest absolute Gasteiger partial charge is 0.273 e. The lowest BCUT2D eigenvalue weighted by atomic mass is 9.98. The summed E-state index contributed by atoms with van der Waals surface area (Å²) < 4.78 is 7.50. The molecule has 0 radical (unpaired) electrons. The normalized spacial score (nSPS) is 21.6. The van der Waals surface area contributed by atoms with Gasteiger partial charge >= 0.3 is 0 Å². The van der Waals surface area contributed by atoms with Gasteiger partial charge in [0.05, 0.1) is 24.9 Å². The number of carbonyl (C=O) groups is 1. The Morgan fingerprint density at radius 3 is 2.75 bits per heavy atom. The topological polar surface area (TPSA) is 63.5 Å². The number of rotatable bonds is 4. The lowest BCUT2D eigenvalue weighted by molar-refractivity contribution is -0.0708. The van der Waals surface area contributed by atoms with Crippen LogP contribution < -0.4 is 0 Å². The van der Waals surface area contributed by atoms with Crippen LogP contribution in [0.3, 0.4) is 0 Å². The average molecular weight is 329 g/mol. The first-order valence-electron chi connectivity index (χ1n) is 8.05. The summed E-state index contributed by atoms with van der Waals surface area (Å²) in [4.78, 5) is 16.5. The molecule has 1 aliphatic rings. The highest BCUT2D eigenvalue weighted by atomic mass is 16.5. The van der Waals surface area contributed by atoms with Gasteiger partial charge in [0.2, 0.25) is 0 Å². The number of morpholine rings is 1. The van der Waals surface area contributed by atoms with Crippen molar-refractivity contribution < 1.29 is 9.53 Å². The number of likely N-dealkylation sites (N-methyl/N-ethyl adjacent to an activating group) is 2. The van der Waals surface area contributed by atoms with Gasteiger partial charge in [0.1, 0.15) is 5.69 Å². The van der Waals surface area contributed by atoms with Crippen LogP contribution in [0.15, 0.2) is 36.5 Å². The van der Waals surface area contributed by atoms with Crippen LogP contribution in [0.1, 0.15) is 22.1 Å². The van der Waals surface area contributed by atoms with Crippen LogP contribution in [0, 0.1) is 0 Å². The van der Waals surface area contributed by atoms with E-state index in [2.05, 4.69) is 34.4 Å². The van der Waals surface area contributed by atoms with E-state index >= 15 is 0 Å². The molecule has 7 nitrogen and oxygen atoms in total. The number of ether oxygens (including phenoxy) is 1. The summed E-state index contributed by atoms with van der Waals surface area (Å²) >= 11 is 0. The van der Waals surface area contributed by atoms with Crippen LogP contribution in [0.25, 0.3) is 0 Å². The fourth-order valence-corrected chi connectivity index (χ4v) is 3.17. The van der Waals surface area contributed by atoms with Crippen LogP contribution in [0.5, 0.6) is 0 Å². The Morgan fingerprint density at radius 2 is 2.08 bits per heavy atom. The third-order valence-electron chi connectivity index (χ3n) is 4.48. The summed E-state index contributed by atoms with van der Waals surface area (Å²) in [5, 5.41) is 7.59. The Morgan fingerprint density at radius 1 is 1.33 bits per heavy atom. The molecule has 1 aromatic carbocycles. The fraction of sp³-hybridized carbons (Fsp3) is 0.471. The second-order valence-corrected chi connectivity index (χ2v) is 6.17. The second-order valence-electron chi connectivity index (χ2n) is 6.17. The molecule has 2 aromatic rings. The van der Waals surface area contributed by atoms with E-state index in [9.17, 15) is 4.79 Å². The van der Waals surface area contributed by atoms with Gasteiger partial charge in [-0.3, -0.25) is 9.69 Å². The van der Waals surface area contributed by atoms with Crippen molar-refractivity contribution >= 4 is 5.91 Å². The zero-order chi connectivity index (χ0) is 17.1. The molecule has 2 atom stereocenters. The van der Waals surface area contributed by atoms with Crippen molar-refractivity contribution in [3.63, 3.8) is 0 Å². The molecule has 2 heterocycles. The Balaban J connectivity index is 1.76. The van der Waals surface area contributed by atoms with E-state index in [0.717, 1.165) is 6.54 Å². The number of amides is 1. The summed E-state index contributed by atoms with van der Waals surface area (Å²) in [6, 6.07) is 10.4. The number of hydrogen-bond acceptors (Lipinski definition) is 5. The average Bonchev–Trinajstić information content (AvgIpc) is 3.01. The van der Waals surface area contributed by atoms with Crippen molar-refractivity contribution in [2.45, 2.75) is 12.1 Å². The molecule has 128 valence electrons. The minimum atomic E-state index is -0.105. The van der Waals surface area contributed by atoms with Gasteiger partial charge < -0.3 is 9.64 Å². The molecule has 1 amide bonds. The predicted molar refractivity (Wildman–Crippen MR) is 89.5 cm³/mol. The maximum Gasteiger partial charge on any atom is 0.273 e. The zero-order valence-corrected chi connectivity index (χ0v) is 14.3. The molecule has 1 fully saturated rings. The predicted octanol–water partition coefficient (Wildman–Crippen LogP) is 0.959. The van der Waals surface area contributed by atoms with Crippen LogP contribution >= 0.6 is 0 Å². The summed E-state index contributed by atoms with van der Waals surface area (Å²) in [5.74, 6) is -0.105. The van der Waals surface area contributed by atoms with Gasteiger partial charge in [-0.1, -0.05) is 35.5 Å². The second kappa shape index (κ2) is 7.11. The fourth-order valence-electron chi connectivity index (χ4n) is 3.17. The van der Waals surface area contributed by atoms with Crippen molar-refractivity contribution in [3.8, 4) is 0 Å². The molecule has 0 aliphatic carbocycles. The molecule has 1 aliphatic heterocycles. The standard InChI is InChI=1S/C17H23N5O2/c1-20-9-10-24-15(16(20)13-7-5-4-6-8-13)12-21(2)17(23)14-11-18-19-22(14)3/h4-8,11,15-16H,9-10,12H2,1-3H3/t15-,16-/m0/s1. The van der Waals surface area contributed by atoms with E-state index < -0.39 is 0 Å². The van der Waals surface area contributed by atoms with Crippen LogP contribution in [0.2, 0.25) is 0 Å². The number of aryl methyl sites for hydroxylation is 1. The minimum absolute atomic E-state index is 0.0821. The van der Waals surface area contributed by atoms with Gasteiger partial charge in [0.15, 0.2) is 0 Å². The SMILES string of the molecule is CN(C[C@@H]1OCCN(C)[C@H]1c1ccccc1)C(=O)c1cnnn1C. The molecule has 7 heteroatoms. The summed E-state index contributed by atoms with van der Waals surface area (Å²) in [7, 11) is 5.60. The Labute approximate surface area is 141 Å². The molecular formula is C17H23N5O2. The lowest BCUT2D eigenvalue weighted by Gasteiger charge is -2.40. The maximum atomic E-state index is 12.6. The van der Waals surface area contributed by atoms with Gasteiger partial charge in [0, 0.05) is 27.2 Å². The van der Waals surface area contributed by atoms with Gasteiger partial charge in [-0.25, -0.2) is 4.68 Å². The first-order valence-corrected chi connectivity index (χ1v) is 8.05. The summed E-state index contributed by atoms with van der Waals surface area (Å²) in [6.07, 6.45) is 1.41. The van der Waals surface area contributed by atoms with E-state index in [1.54, 1.807) is 19.0 Å². The van der Waals surface area contributed by atoms with Crippen LogP contribution in [-0.4, -0.2) is 70.6 Å². The van der Waals surface area contributed by atoms with Gasteiger partial charge in [-0.05, 0) is 12.6 Å². The largest absolute Gasteiger partial charge is 0.373 e. The molecule has 1 aromatic heterocycles. The molecule has 0 spiro atoms. The molecule has 3 rings (SSSR count). The van der Waals surface area contributed by atoms with Crippen molar-refractivity contribution in [2.75, 3.05) is 33.8 Å². The quantitative estimate of drug-likeness (QED) is 0.836. The molecule has 0 saturated carbocycles. The number of nitrogens with zero attached hydrogens (tertiary/aromatic N) is 5. The zero-order valence-electron chi connectivity index (χ0n) is 14.3. The van der Waals surface area contributed by atoms with E-state index in [4.69, 9.17) is 4.74 Å². The van der Waals surface area contributed by atoms with Crippen LogP contribution in [-0.2, 0) is 11.8 Å². The third-order valence-corrected chi connectivity index (χ3v) is 4.48. The van der Waals surface area contributed by atoms with E-state index in [1.807, 2.05) is 18.2 Å². The first-order chi connectivity index (χ1) is 11.6. The minimum Gasteiger partial charge on any atom is -0.373 e. The Kier molecular flexibility index (Phi) is 4.92. The first kappa shape index (κ1) is 16.6. The number of carbonyl (C=O) groups excluding carboxylic acids is 1. The molecule has 1 saturated heterocycles. The summed E-state index contributed by atoms with van der Waals surface area (Å²) in [5.41, 5.74) is 1.67. The maximum absolute atomic E-state index is 12.6. The van der Waals surface area contributed by atoms with Gasteiger partial charge in [-0.2, -0.15) is 0 Å².